The van der Waals surface area contributed by atoms with Crippen LogP contribution in [0.2, 0.25) is 0 Å². The molecule has 1 fully saturated rings. The van der Waals surface area contributed by atoms with Crippen molar-refractivity contribution >= 4 is 24.1 Å². The zero-order chi connectivity index (χ0) is 17.2. The van der Waals surface area contributed by atoms with Gasteiger partial charge in [-0.1, -0.05) is 0 Å². The minimum atomic E-state index is -2.97. The molecule has 1 aliphatic heterocycles. The molecule has 0 spiro atoms. The van der Waals surface area contributed by atoms with E-state index < -0.39 is 36.7 Å². The van der Waals surface area contributed by atoms with E-state index in [-0.39, 0.29) is 12.4 Å². The van der Waals surface area contributed by atoms with E-state index in [1.54, 1.807) is 0 Å². The Hall–Kier alpha value is -0.870. The van der Waals surface area contributed by atoms with Crippen molar-refractivity contribution in [2.45, 2.75) is 24.5 Å². The summed E-state index contributed by atoms with van der Waals surface area (Å²) in [5.41, 5.74) is 4.92. The van der Waals surface area contributed by atoms with Crippen molar-refractivity contribution in [3.63, 3.8) is 0 Å². The first-order valence-corrected chi connectivity index (χ1v) is 9.89. The third-order valence-corrected chi connectivity index (χ3v) is 4.22. The lowest BCUT2D eigenvalue weighted by Gasteiger charge is -2.25. The summed E-state index contributed by atoms with van der Waals surface area (Å²) in [5.74, 6) is 0.110. The molecule has 0 amide bonds. The Labute approximate surface area is 138 Å². The zero-order valence-electron chi connectivity index (χ0n) is 13.0. The van der Waals surface area contributed by atoms with E-state index in [9.17, 15) is 9.69 Å². The van der Waals surface area contributed by atoms with Crippen LogP contribution in [0, 0.1) is 0 Å². The van der Waals surface area contributed by atoms with Crippen LogP contribution in [0.5, 0.6) is 0 Å². The topological polar surface area (TPSA) is 118 Å². The second-order valence-electron chi connectivity index (χ2n) is 5.14. The standard InChI is InChI=1S/C12H20N3O6PS/c1-18-6-7-9(21-22(3,17)23)10(19-2)11(20-7)15-5-4-8(13)14-12(15)16/h4-5,7,9-11H,6H2,1-3H3,(H,17,23)(H2,13,14,16)/t7-,9?,10+,11-,22?/m1/s1. The summed E-state index contributed by atoms with van der Waals surface area (Å²) >= 11 is 4.95. The van der Waals surface area contributed by atoms with Crippen molar-refractivity contribution in [3.05, 3.63) is 22.7 Å². The van der Waals surface area contributed by atoms with Gasteiger partial charge in [-0.3, -0.25) is 4.57 Å². The van der Waals surface area contributed by atoms with Crippen LogP contribution in [-0.2, 0) is 30.5 Å². The molecule has 0 aromatic carbocycles. The minimum absolute atomic E-state index is 0.110. The van der Waals surface area contributed by atoms with Crippen LogP contribution in [-0.4, -0.2) is 60.2 Å². The van der Waals surface area contributed by atoms with Crippen molar-refractivity contribution in [2.75, 3.05) is 33.2 Å². The lowest BCUT2D eigenvalue weighted by Crippen LogP contribution is -2.38. The van der Waals surface area contributed by atoms with E-state index in [1.165, 1.54) is 37.7 Å². The van der Waals surface area contributed by atoms with Gasteiger partial charge in [-0.25, -0.2) is 4.79 Å². The number of hydrogen-bond donors (Lipinski definition) is 2. The van der Waals surface area contributed by atoms with Gasteiger partial charge < -0.3 is 29.4 Å². The summed E-state index contributed by atoms with van der Waals surface area (Å²) in [5, 5.41) is 0. The van der Waals surface area contributed by atoms with Gasteiger partial charge in [0.2, 0.25) is 0 Å². The average molecular weight is 365 g/mol. The van der Waals surface area contributed by atoms with Gasteiger partial charge in [0.25, 0.3) is 0 Å². The highest BCUT2D eigenvalue weighted by Crippen LogP contribution is 2.45. The Morgan fingerprint density at radius 3 is 2.74 bits per heavy atom. The molecule has 2 heterocycles. The maximum absolute atomic E-state index is 12.0. The number of nitrogen functional groups attached to an aromatic ring is 1. The summed E-state index contributed by atoms with van der Waals surface area (Å²) in [4.78, 5) is 25.6. The largest absolute Gasteiger partial charge is 0.383 e. The van der Waals surface area contributed by atoms with Gasteiger partial charge in [0.15, 0.2) is 12.7 Å². The second kappa shape index (κ2) is 7.35. The van der Waals surface area contributed by atoms with Gasteiger partial charge in [0.1, 0.15) is 24.1 Å². The molecule has 2 rings (SSSR count). The predicted octanol–water partition coefficient (Wildman–Crippen LogP) is -0.299. The van der Waals surface area contributed by atoms with Crippen LogP contribution in [0.3, 0.4) is 0 Å². The molecule has 130 valence electrons. The Bertz CT molecular complexity index is 650. The SMILES string of the molecule is COC[C@H]1O[C@@H](n2ccc(N)nc2=O)[C@@H](OC)C1OP(C)(O)=S. The van der Waals surface area contributed by atoms with Crippen molar-refractivity contribution in [1.29, 1.82) is 0 Å². The summed E-state index contributed by atoms with van der Waals surface area (Å²) < 4.78 is 23.2. The molecule has 2 unspecified atom stereocenters. The average Bonchev–Trinajstić information content (AvgIpc) is 2.75. The van der Waals surface area contributed by atoms with E-state index >= 15 is 0 Å². The number of nitrogens with zero attached hydrogens (tertiary/aromatic N) is 2. The Balaban J connectivity index is 2.37. The lowest BCUT2D eigenvalue weighted by molar-refractivity contribution is -0.0667. The predicted molar refractivity (Wildman–Crippen MR) is 86.8 cm³/mol. The van der Waals surface area contributed by atoms with Crippen molar-refractivity contribution in [1.82, 2.24) is 9.55 Å². The van der Waals surface area contributed by atoms with Crippen LogP contribution in [0.1, 0.15) is 6.23 Å². The fourth-order valence-electron chi connectivity index (χ4n) is 2.45. The fourth-order valence-corrected chi connectivity index (χ4v) is 3.46. The van der Waals surface area contributed by atoms with Gasteiger partial charge in [-0.2, -0.15) is 4.98 Å². The van der Waals surface area contributed by atoms with Gasteiger partial charge >= 0.3 is 5.69 Å². The third-order valence-electron chi connectivity index (χ3n) is 3.33. The lowest BCUT2D eigenvalue weighted by atomic mass is 10.1. The van der Waals surface area contributed by atoms with Crippen LogP contribution in [0.15, 0.2) is 17.1 Å². The van der Waals surface area contributed by atoms with E-state index in [2.05, 4.69) is 4.98 Å². The molecule has 0 aliphatic carbocycles. The first kappa shape index (κ1) is 18.5. The smallest absolute Gasteiger partial charge is 0.351 e. The van der Waals surface area contributed by atoms with Crippen LogP contribution in [0.25, 0.3) is 0 Å². The molecule has 3 N–H and O–H groups in total. The van der Waals surface area contributed by atoms with Gasteiger partial charge in [0, 0.05) is 27.1 Å². The molecule has 1 saturated heterocycles. The molecule has 1 aromatic rings. The van der Waals surface area contributed by atoms with Gasteiger partial charge in [-0.15, -0.1) is 0 Å². The molecule has 5 atom stereocenters. The molecular weight excluding hydrogens is 345 g/mol. The zero-order valence-corrected chi connectivity index (χ0v) is 14.7. The van der Waals surface area contributed by atoms with Crippen LogP contribution < -0.4 is 11.4 Å². The normalized spacial score (nSPS) is 30.3. The maximum atomic E-state index is 12.0. The van der Waals surface area contributed by atoms with E-state index in [4.69, 9.17) is 36.3 Å². The van der Waals surface area contributed by atoms with Crippen molar-refractivity contribution in [3.8, 4) is 0 Å². The summed E-state index contributed by atoms with van der Waals surface area (Å²) in [6.45, 7) is -1.35. The highest BCUT2D eigenvalue weighted by atomic mass is 32.5. The van der Waals surface area contributed by atoms with Gasteiger partial charge in [0.05, 0.1) is 6.61 Å². The Morgan fingerprint density at radius 1 is 1.52 bits per heavy atom. The van der Waals surface area contributed by atoms with Crippen LogP contribution >= 0.6 is 6.49 Å². The number of hydrogen-bond acceptors (Lipinski definition) is 8. The molecule has 1 aliphatic rings. The first-order valence-electron chi connectivity index (χ1n) is 6.77. The molecule has 11 heteroatoms. The monoisotopic (exact) mass is 365 g/mol. The molecular formula is C12H20N3O6PS. The molecule has 0 bridgehead atoms. The molecule has 0 radical (unpaired) electrons. The highest BCUT2D eigenvalue weighted by Gasteiger charge is 2.48. The molecule has 9 nitrogen and oxygen atoms in total. The number of aromatic nitrogens is 2. The molecule has 0 saturated carbocycles. The molecule has 1 aromatic heterocycles. The van der Waals surface area contributed by atoms with E-state index in [0.29, 0.717) is 0 Å². The second-order valence-corrected chi connectivity index (χ2v) is 8.99. The summed E-state index contributed by atoms with van der Waals surface area (Å²) in [6.07, 6.45) is -1.25. The van der Waals surface area contributed by atoms with E-state index in [0.717, 1.165) is 0 Å². The number of methoxy groups -OCH3 is 2. The number of rotatable bonds is 6. The fraction of sp³-hybridized carbons (Fsp3) is 0.667. The molecule has 23 heavy (non-hydrogen) atoms. The van der Waals surface area contributed by atoms with Gasteiger partial charge in [-0.05, 0) is 17.9 Å². The summed E-state index contributed by atoms with van der Waals surface area (Å²) in [7, 11) is 2.96. The quantitative estimate of drug-likeness (QED) is 0.655. The maximum Gasteiger partial charge on any atom is 0.351 e. The minimum Gasteiger partial charge on any atom is -0.383 e. The summed E-state index contributed by atoms with van der Waals surface area (Å²) in [6, 6.07) is 1.48. The number of anilines is 1. The number of nitrogens with two attached hydrogens (primary N) is 1. The highest BCUT2D eigenvalue weighted by molar-refractivity contribution is 8.09. The van der Waals surface area contributed by atoms with Crippen molar-refractivity contribution < 1.29 is 23.6 Å². The third kappa shape index (κ3) is 4.36. The first-order chi connectivity index (χ1) is 10.8. The Kier molecular flexibility index (Phi) is 5.90. The number of ether oxygens (including phenoxy) is 3. The van der Waals surface area contributed by atoms with E-state index in [1.807, 2.05) is 0 Å². The van der Waals surface area contributed by atoms with Crippen molar-refractivity contribution in [2.24, 2.45) is 0 Å². The Morgan fingerprint density at radius 2 is 2.22 bits per heavy atom. The van der Waals surface area contributed by atoms with Crippen LogP contribution in [0.4, 0.5) is 5.82 Å².